The van der Waals surface area contributed by atoms with Gasteiger partial charge in [0.2, 0.25) is 5.91 Å². The fourth-order valence-corrected chi connectivity index (χ4v) is 2.91. The maximum atomic E-state index is 12.6. The van der Waals surface area contributed by atoms with Crippen molar-refractivity contribution in [1.82, 2.24) is 10.2 Å². The van der Waals surface area contributed by atoms with Gasteiger partial charge in [0.05, 0.1) is 0 Å². The molecule has 1 aromatic carbocycles. The number of phenols is 1. The van der Waals surface area contributed by atoms with Crippen LogP contribution in [-0.2, 0) is 20.7 Å². The monoisotopic (exact) mass is 378 g/mol. The number of aliphatic carboxylic acids is 1. The number of hydrogen-bond donors (Lipinski definition) is 3. The van der Waals surface area contributed by atoms with Crippen molar-refractivity contribution in [2.75, 3.05) is 6.54 Å². The topological polar surface area (TPSA) is 116 Å². The van der Waals surface area contributed by atoms with Gasteiger partial charge in [-0.25, -0.2) is 9.59 Å². The highest BCUT2D eigenvalue weighted by molar-refractivity contribution is 5.89. The molecule has 3 N–H and O–H groups in total. The molecule has 1 aliphatic rings. The summed E-state index contributed by atoms with van der Waals surface area (Å²) in [5.74, 6) is -1.60. The number of rotatable bonds is 5. The van der Waals surface area contributed by atoms with E-state index in [2.05, 4.69) is 5.32 Å². The summed E-state index contributed by atoms with van der Waals surface area (Å²) in [5.41, 5.74) is -0.0145. The molecule has 0 unspecified atom stereocenters. The van der Waals surface area contributed by atoms with Crippen LogP contribution in [-0.4, -0.2) is 57.3 Å². The van der Waals surface area contributed by atoms with Crippen molar-refractivity contribution in [2.45, 2.75) is 57.7 Å². The number of carboxylic acids is 1. The number of carbonyl (C=O) groups is 3. The molecule has 1 aliphatic heterocycles. The third-order valence-corrected chi connectivity index (χ3v) is 4.17. The zero-order valence-electron chi connectivity index (χ0n) is 15.8. The number of carbonyl (C=O) groups excluding carboxylic acids is 2. The van der Waals surface area contributed by atoms with Crippen molar-refractivity contribution in [1.29, 1.82) is 0 Å². The van der Waals surface area contributed by atoms with E-state index in [1.54, 1.807) is 32.9 Å². The van der Waals surface area contributed by atoms with Crippen molar-refractivity contribution in [3.8, 4) is 5.75 Å². The third-order valence-electron chi connectivity index (χ3n) is 4.17. The fourth-order valence-electron chi connectivity index (χ4n) is 2.91. The Morgan fingerprint density at radius 1 is 1.26 bits per heavy atom. The van der Waals surface area contributed by atoms with Crippen LogP contribution in [0.1, 0.15) is 39.2 Å². The van der Waals surface area contributed by atoms with Crippen molar-refractivity contribution in [3.63, 3.8) is 0 Å². The molecular weight excluding hydrogens is 352 g/mol. The number of hydrogen-bond acceptors (Lipinski definition) is 5. The minimum absolute atomic E-state index is 0.0700. The molecule has 0 aromatic heterocycles. The van der Waals surface area contributed by atoms with Gasteiger partial charge in [0.1, 0.15) is 23.4 Å². The van der Waals surface area contributed by atoms with Crippen molar-refractivity contribution >= 4 is 18.0 Å². The summed E-state index contributed by atoms with van der Waals surface area (Å²) in [4.78, 5) is 37.8. The number of carboxylic acid groups (broad SMARTS) is 1. The highest BCUT2D eigenvalue weighted by Gasteiger charge is 2.37. The summed E-state index contributed by atoms with van der Waals surface area (Å²) in [6.45, 7) is 5.62. The normalized spacial score (nSPS) is 18.0. The van der Waals surface area contributed by atoms with Crippen LogP contribution in [0, 0.1) is 0 Å². The second kappa shape index (κ2) is 8.28. The third kappa shape index (κ3) is 5.87. The van der Waals surface area contributed by atoms with Crippen LogP contribution in [0.3, 0.4) is 0 Å². The van der Waals surface area contributed by atoms with Crippen LogP contribution in [0.25, 0.3) is 0 Å². The first-order valence-electron chi connectivity index (χ1n) is 8.87. The van der Waals surface area contributed by atoms with E-state index >= 15 is 0 Å². The molecule has 2 rings (SSSR count). The van der Waals surface area contributed by atoms with Gasteiger partial charge in [0, 0.05) is 13.0 Å². The van der Waals surface area contributed by atoms with E-state index < -0.39 is 35.7 Å². The van der Waals surface area contributed by atoms with Gasteiger partial charge >= 0.3 is 12.1 Å². The maximum Gasteiger partial charge on any atom is 0.410 e. The van der Waals surface area contributed by atoms with E-state index in [0.29, 0.717) is 24.9 Å². The largest absolute Gasteiger partial charge is 0.508 e. The molecule has 0 radical (unpaired) electrons. The zero-order valence-corrected chi connectivity index (χ0v) is 15.8. The molecule has 148 valence electrons. The van der Waals surface area contributed by atoms with Crippen LogP contribution in [0.2, 0.25) is 0 Å². The lowest BCUT2D eigenvalue weighted by atomic mass is 10.0. The molecule has 0 bridgehead atoms. The Bertz CT molecular complexity index is 695. The van der Waals surface area contributed by atoms with Gasteiger partial charge in [-0.3, -0.25) is 9.69 Å². The van der Waals surface area contributed by atoms with Gasteiger partial charge in [0.25, 0.3) is 0 Å². The van der Waals surface area contributed by atoms with Crippen LogP contribution in [0.5, 0.6) is 5.75 Å². The van der Waals surface area contributed by atoms with E-state index in [9.17, 15) is 24.6 Å². The fraction of sp³-hybridized carbons (Fsp3) is 0.526. The van der Waals surface area contributed by atoms with Crippen LogP contribution in [0.15, 0.2) is 24.3 Å². The smallest absolute Gasteiger partial charge is 0.410 e. The Morgan fingerprint density at radius 2 is 1.89 bits per heavy atom. The summed E-state index contributed by atoms with van der Waals surface area (Å²) in [6.07, 6.45) is 0.593. The lowest BCUT2D eigenvalue weighted by Gasteiger charge is -2.28. The number of benzene rings is 1. The van der Waals surface area contributed by atoms with E-state index in [1.807, 2.05) is 0 Å². The number of aromatic hydroxyl groups is 1. The summed E-state index contributed by atoms with van der Waals surface area (Å²) in [6, 6.07) is 4.22. The van der Waals surface area contributed by atoms with Crippen LogP contribution >= 0.6 is 0 Å². The molecular formula is C19H26N2O6. The average molecular weight is 378 g/mol. The molecule has 1 fully saturated rings. The number of nitrogens with one attached hydrogen (secondary N) is 1. The molecule has 0 spiro atoms. The minimum Gasteiger partial charge on any atom is -0.508 e. The first kappa shape index (κ1) is 20.5. The second-order valence-electron chi connectivity index (χ2n) is 7.60. The lowest BCUT2D eigenvalue weighted by Crippen LogP contribution is -2.52. The molecule has 0 aliphatic carbocycles. The van der Waals surface area contributed by atoms with Crippen molar-refractivity contribution in [2.24, 2.45) is 0 Å². The number of amides is 2. The molecule has 8 nitrogen and oxygen atoms in total. The molecule has 8 heteroatoms. The van der Waals surface area contributed by atoms with Crippen LogP contribution in [0.4, 0.5) is 4.79 Å². The van der Waals surface area contributed by atoms with E-state index in [-0.39, 0.29) is 12.2 Å². The van der Waals surface area contributed by atoms with E-state index in [4.69, 9.17) is 4.74 Å². The standard InChI is InChI=1S/C19H26N2O6/c1-19(2,3)27-18(26)21-10-4-5-15(21)16(23)20-14(17(24)25)11-12-6-8-13(22)9-7-12/h6-9,14-15,22H,4-5,10-11H2,1-3H3,(H,20,23)(H,24,25)/t14-,15-/m0/s1. The number of nitrogens with zero attached hydrogens (tertiary/aromatic N) is 1. The summed E-state index contributed by atoms with van der Waals surface area (Å²) >= 11 is 0. The SMILES string of the molecule is CC(C)(C)OC(=O)N1CCC[C@H]1C(=O)N[C@@H](Cc1ccc(O)cc1)C(=O)O. The Hall–Kier alpha value is -2.77. The van der Waals surface area contributed by atoms with E-state index in [0.717, 1.165) is 0 Å². The average Bonchev–Trinajstić information content (AvgIpc) is 3.04. The van der Waals surface area contributed by atoms with Gasteiger partial charge < -0.3 is 20.3 Å². The molecule has 1 aromatic rings. The van der Waals surface area contributed by atoms with Crippen molar-refractivity contribution < 1.29 is 29.3 Å². The highest BCUT2D eigenvalue weighted by atomic mass is 16.6. The number of phenolic OH excluding ortho intramolecular Hbond substituents is 1. The minimum atomic E-state index is -1.17. The van der Waals surface area contributed by atoms with Gasteiger partial charge in [-0.1, -0.05) is 12.1 Å². The predicted octanol–water partition coefficient (Wildman–Crippen LogP) is 1.90. The Labute approximate surface area is 158 Å². The zero-order chi connectivity index (χ0) is 20.2. The molecule has 27 heavy (non-hydrogen) atoms. The molecule has 1 heterocycles. The Kier molecular flexibility index (Phi) is 6.30. The molecule has 0 saturated carbocycles. The Balaban J connectivity index is 2.04. The summed E-state index contributed by atoms with van der Waals surface area (Å²) in [5, 5.41) is 21.3. The van der Waals surface area contributed by atoms with E-state index in [1.165, 1.54) is 17.0 Å². The molecule has 2 atom stereocenters. The number of ether oxygens (including phenoxy) is 1. The first-order chi connectivity index (χ1) is 12.6. The lowest BCUT2D eigenvalue weighted by molar-refractivity contribution is -0.142. The second-order valence-corrected chi connectivity index (χ2v) is 7.60. The van der Waals surface area contributed by atoms with Crippen molar-refractivity contribution in [3.05, 3.63) is 29.8 Å². The molecule has 1 saturated heterocycles. The summed E-state index contributed by atoms with van der Waals surface area (Å²) in [7, 11) is 0. The highest BCUT2D eigenvalue weighted by Crippen LogP contribution is 2.21. The molecule has 2 amide bonds. The number of likely N-dealkylation sites (tertiary alicyclic amines) is 1. The maximum absolute atomic E-state index is 12.6. The first-order valence-corrected chi connectivity index (χ1v) is 8.87. The van der Waals surface area contributed by atoms with Gasteiger partial charge in [-0.05, 0) is 51.3 Å². The summed E-state index contributed by atoms with van der Waals surface area (Å²) < 4.78 is 5.33. The van der Waals surface area contributed by atoms with Gasteiger partial charge in [0.15, 0.2) is 0 Å². The van der Waals surface area contributed by atoms with Crippen LogP contribution < -0.4 is 5.32 Å². The van der Waals surface area contributed by atoms with Gasteiger partial charge in [-0.15, -0.1) is 0 Å². The predicted molar refractivity (Wildman–Crippen MR) is 97.3 cm³/mol. The Morgan fingerprint density at radius 3 is 2.44 bits per heavy atom. The van der Waals surface area contributed by atoms with Gasteiger partial charge in [-0.2, -0.15) is 0 Å². The quantitative estimate of drug-likeness (QED) is 0.721.